The molecule has 0 fully saturated rings. The molecule has 0 atom stereocenters. The average Bonchev–Trinajstić information content (AvgIpc) is 2.64. The summed E-state index contributed by atoms with van der Waals surface area (Å²) in [4.78, 5) is -0.195. The zero-order valence-electron chi connectivity index (χ0n) is 12.7. The maximum Gasteiger partial charge on any atom is 0.200 e. The van der Waals surface area contributed by atoms with Gasteiger partial charge in [0.25, 0.3) is 0 Å². The Labute approximate surface area is 144 Å². The second-order valence-corrected chi connectivity index (χ2v) is 5.76. The van der Waals surface area contributed by atoms with E-state index in [4.69, 9.17) is 10.00 Å². The summed E-state index contributed by atoms with van der Waals surface area (Å²) in [5.74, 6) is -9.41. The quantitative estimate of drug-likeness (QED) is 0.314. The van der Waals surface area contributed by atoms with Crippen LogP contribution < -0.4 is 4.74 Å². The molecular formula is C17H10F5NOS. The lowest BCUT2D eigenvalue weighted by Crippen LogP contribution is -2.04. The molecule has 0 bridgehead atoms. The van der Waals surface area contributed by atoms with Gasteiger partial charge in [0.1, 0.15) is 11.8 Å². The predicted octanol–water partition coefficient (Wildman–Crippen LogP) is 5.19. The van der Waals surface area contributed by atoms with Gasteiger partial charge >= 0.3 is 0 Å². The van der Waals surface area contributed by atoms with E-state index in [1.54, 1.807) is 30.3 Å². The maximum absolute atomic E-state index is 13.6. The van der Waals surface area contributed by atoms with Gasteiger partial charge in [-0.25, -0.2) is 22.0 Å². The van der Waals surface area contributed by atoms with Crippen LogP contribution in [-0.4, -0.2) is 7.11 Å². The molecule has 0 spiro atoms. The number of thioether (sulfide) groups is 1. The maximum atomic E-state index is 13.6. The Bertz CT molecular complexity index is 830. The van der Waals surface area contributed by atoms with Gasteiger partial charge in [-0.2, -0.15) is 5.26 Å². The third kappa shape index (κ3) is 4.12. The zero-order chi connectivity index (χ0) is 18.6. The van der Waals surface area contributed by atoms with Gasteiger partial charge in [-0.3, -0.25) is 0 Å². The molecular weight excluding hydrogens is 361 g/mol. The van der Waals surface area contributed by atoms with Crippen molar-refractivity contribution in [2.75, 3.05) is 7.11 Å². The number of nitriles is 1. The minimum absolute atomic E-state index is 0.195. The first-order valence-electron chi connectivity index (χ1n) is 6.78. The Kier molecular flexibility index (Phi) is 6.04. The largest absolute Gasteiger partial charge is 0.497 e. The summed E-state index contributed by atoms with van der Waals surface area (Å²) < 4.78 is 71.7. The van der Waals surface area contributed by atoms with Crippen molar-refractivity contribution in [3.8, 4) is 11.8 Å². The second-order valence-electron chi connectivity index (χ2n) is 4.74. The lowest BCUT2D eigenvalue weighted by atomic mass is 10.1. The summed E-state index contributed by atoms with van der Waals surface area (Å²) in [6.45, 7) is 0. The van der Waals surface area contributed by atoms with E-state index in [-0.39, 0.29) is 10.7 Å². The first-order valence-corrected chi connectivity index (χ1v) is 7.76. The smallest absolute Gasteiger partial charge is 0.200 e. The molecule has 0 saturated carbocycles. The van der Waals surface area contributed by atoms with Gasteiger partial charge in [0, 0.05) is 5.75 Å². The van der Waals surface area contributed by atoms with Gasteiger partial charge in [0.2, 0.25) is 5.82 Å². The molecule has 0 radical (unpaired) electrons. The highest BCUT2D eigenvalue weighted by atomic mass is 32.2. The molecule has 2 aromatic rings. The number of hydrogen-bond donors (Lipinski definition) is 0. The highest BCUT2D eigenvalue weighted by molar-refractivity contribution is 8.02. The molecule has 2 rings (SSSR count). The van der Waals surface area contributed by atoms with Crippen molar-refractivity contribution in [2.45, 2.75) is 5.75 Å². The van der Waals surface area contributed by atoms with Crippen molar-refractivity contribution >= 4 is 17.8 Å². The monoisotopic (exact) mass is 371 g/mol. The third-order valence-corrected chi connectivity index (χ3v) is 4.18. The first-order chi connectivity index (χ1) is 11.9. The fourth-order valence-electron chi connectivity index (χ4n) is 1.87. The predicted molar refractivity (Wildman–Crippen MR) is 84.1 cm³/mol. The van der Waals surface area contributed by atoms with Crippen molar-refractivity contribution in [2.24, 2.45) is 0 Å². The van der Waals surface area contributed by atoms with Crippen molar-refractivity contribution in [3.63, 3.8) is 0 Å². The van der Waals surface area contributed by atoms with Gasteiger partial charge < -0.3 is 4.74 Å². The molecule has 130 valence electrons. The van der Waals surface area contributed by atoms with Gasteiger partial charge in [-0.1, -0.05) is 12.1 Å². The molecule has 0 aromatic heterocycles. The summed E-state index contributed by atoms with van der Waals surface area (Å²) >= 11 is 0.903. The number of ether oxygens (including phenoxy) is 1. The fraction of sp³-hybridized carbons (Fsp3) is 0.118. The number of rotatable bonds is 5. The van der Waals surface area contributed by atoms with Crippen LogP contribution in [0, 0.1) is 40.4 Å². The number of benzene rings is 2. The average molecular weight is 371 g/mol. The lowest BCUT2D eigenvalue weighted by Gasteiger charge is -2.06. The summed E-state index contributed by atoms with van der Waals surface area (Å²) in [6.07, 6.45) is 0.643. The molecule has 0 aliphatic heterocycles. The Morgan fingerprint density at radius 3 is 2.00 bits per heavy atom. The SMILES string of the molecule is COc1ccc(CS/C(C#N)=C/c2c(F)c(F)c(F)c(F)c2F)cc1. The Morgan fingerprint density at radius 1 is 1.00 bits per heavy atom. The number of nitrogens with zero attached hydrogens (tertiary/aromatic N) is 1. The van der Waals surface area contributed by atoms with Crippen LogP contribution in [0.3, 0.4) is 0 Å². The number of allylic oxidation sites excluding steroid dienone is 1. The van der Waals surface area contributed by atoms with Gasteiger partial charge in [0.05, 0.1) is 17.6 Å². The molecule has 2 nitrogen and oxygen atoms in total. The number of halogens is 5. The van der Waals surface area contributed by atoms with Crippen LogP contribution in [0.15, 0.2) is 29.2 Å². The number of hydrogen-bond acceptors (Lipinski definition) is 3. The summed E-state index contributed by atoms with van der Waals surface area (Å²) in [5.41, 5.74) is -0.362. The third-order valence-electron chi connectivity index (χ3n) is 3.18. The van der Waals surface area contributed by atoms with E-state index in [1.165, 1.54) is 7.11 Å². The lowest BCUT2D eigenvalue weighted by molar-refractivity contribution is 0.377. The minimum atomic E-state index is -2.24. The minimum Gasteiger partial charge on any atom is -0.497 e. The molecule has 0 unspecified atom stereocenters. The normalized spacial score (nSPS) is 11.3. The van der Waals surface area contributed by atoms with Crippen LogP contribution in [0.4, 0.5) is 22.0 Å². The molecule has 0 aliphatic rings. The molecule has 0 amide bonds. The molecule has 0 saturated heterocycles. The Morgan fingerprint density at radius 2 is 1.52 bits per heavy atom. The summed E-state index contributed by atoms with van der Waals surface area (Å²) in [5, 5.41) is 9.06. The standard InChI is InChI=1S/C17H10F5NOS/c1-24-10-4-2-9(3-5-10)8-25-11(7-23)6-12-13(18)15(20)17(22)16(21)14(12)19/h2-6H,8H2,1H3/b11-6+. The highest BCUT2D eigenvalue weighted by Crippen LogP contribution is 2.29. The van der Waals surface area contributed by atoms with E-state index in [1.807, 2.05) is 0 Å². The van der Waals surface area contributed by atoms with Crippen LogP contribution in [-0.2, 0) is 5.75 Å². The topological polar surface area (TPSA) is 33.0 Å². The Hall–Kier alpha value is -2.53. The zero-order valence-corrected chi connectivity index (χ0v) is 13.6. The van der Waals surface area contributed by atoms with E-state index in [9.17, 15) is 22.0 Å². The van der Waals surface area contributed by atoms with E-state index in [2.05, 4.69) is 0 Å². The first kappa shape index (κ1) is 18.8. The molecule has 2 aromatic carbocycles. The molecule has 0 N–H and O–H groups in total. The highest BCUT2D eigenvalue weighted by Gasteiger charge is 2.24. The summed E-state index contributed by atoms with van der Waals surface area (Å²) in [6, 6.07) is 8.50. The van der Waals surface area contributed by atoms with Crippen LogP contribution >= 0.6 is 11.8 Å². The molecule has 25 heavy (non-hydrogen) atoms. The molecule has 0 aliphatic carbocycles. The van der Waals surface area contributed by atoms with E-state index < -0.39 is 34.6 Å². The van der Waals surface area contributed by atoms with Gasteiger partial charge in [-0.05, 0) is 23.8 Å². The van der Waals surface area contributed by atoms with Crippen LogP contribution in [0.5, 0.6) is 5.75 Å². The summed E-state index contributed by atoms with van der Waals surface area (Å²) in [7, 11) is 1.50. The van der Waals surface area contributed by atoms with Crippen molar-refractivity contribution in [1.82, 2.24) is 0 Å². The van der Waals surface area contributed by atoms with Crippen LogP contribution in [0.2, 0.25) is 0 Å². The Balaban J connectivity index is 2.27. The van der Waals surface area contributed by atoms with Crippen molar-refractivity contribution < 1.29 is 26.7 Å². The fourth-order valence-corrected chi connectivity index (χ4v) is 2.65. The van der Waals surface area contributed by atoms with Crippen LogP contribution in [0.25, 0.3) is 6.08 Å². The van der Waals surface area contributed by atoms with E-state index in [0.717, 1.165) is 17.3 Å². The van der Waals surface area contributed by atoms with Gasteiger partial charge in [-0.15, -0.1) is 11.8 Å². The second kappa shape index (κ2) is 8.03. The number of methoxy groups -OCH3 is 1. The molecule has 8 heteroatoms. The van der Waals surface area contributed by atoms with Crippen LogP contribution in [0.1, 0.15) is 11.1 Å². The van der Waals surface area contributed by atoms with Crippen molar-refractivity contribution in [1.29, 1.82) is 5.26 Å². The van der Waals surface area contributed by atoms with Crippen molar-refractivity contribution in [3.05, 3.63) is 69.4 Å². The van der Waals surface area contributed by atoms with Gasteiger partial charge in [0.15, 0.2) is 23.3 Å². The van der Waals surface area contributed by atoms with E-state index >= 15 is 0 Å². The van der Waals surface area contributed by atoms with E-state index in [0.29, 0.717) is 11.8 Å². The molecule has 0 heterocycles.